The topological polar surface area (TPSA) is 63.6 Å². The van der Waals surface area contributed by atoms with Crippen molar-refractivity contribution in [2.24, 2.45) is 0 Å². The predicted octanol–water partition coefficient (Wildman–Crippen LogP) is 3.85. The van der Waals surface area contributed by atoms with Crippen molar-refractivity contribution in [2.45, 2.75) is 17.8 Å². The van der Waals surface area contributed by atoms with Crippen LogP contribution in [0.25, 0.3) is 16.9 Å². The van der Waals surface area contributed by atoms with E-state index in [0.29, 0.717) is 22.1 Å². The van der Waals surface area contributed by atoms with E-state index in [9.17, 15) is 9.18 Å². The number of H-pyrrole nitrogens is 1. The number of aryl methyl sites for hydroxylation is 1. The molecule has 26 heavy (non-hydrogen) atoms. The molecule has 0 amide bonds. The molecular weight excluding hydrogens is 351 g/mol. The first-order chi connectivity index (χ1) is 12.6. The number of nitrogens with one attached hydrogen (secondary N) is 1. The van der Waals surface area contributed by atoms with Gasteiger partial charge in [0.1, 0.15) is 5.82 Å². The third-order valence-corrected chi connectivity index (χ3v) is 5.00. The number of imidazole rings is 1. The number of hydrogen-bond donors (Lipinski definition) is 1. The third kappa shape index (κ3) is 3.13. The minimum Gasteiger partial charge on any atom is -0.311 e. The van der Waals surface area contributed by atoms with Gasteiger partial charge in [0.2, 0.25) is 0 Å². The SMILES string of the molecule is Cc1ccc(-n2c(SCc3ccc(F)cc3)nc3c(=O)[nH]cnc32)cc1. The average Bonchev–Trinajstić information content (AvgIpc) is 3.02. The van der Waals surface area contributed by atoms with E-state index in [1.807, 2.05) is 35.8 Å². The van der Waals surface area contributed by atoms with Gasteiger partial charge in [0.15, 0.2) is 16.3 Å². The molecule has 130 valence electrons. The first-order valence-electron chi connectivity index (χ1n) is 8.02. The highest BCUT2D eigenvalue weighted by Gasteiger charge is 2.16. The second-order valence-corrected chi connectivity index (χ2v) is 6.83. The highest BCUT2D eigenvalue weighted by Crippen LogP contribution is 2.28. The summed E-state index contributed by atoms with van der Waals surface area (Å²) in [4.78, 5) is 23.5. The summed E-state index contributed by atoms with van der Waals surface area (Å²) in [5.74, 6) is 0.342. The lowest BCUT2D eigenvalue weighted by atomic mass is 10.2. The molecule has 7 heteroatoms. The minimum absolute atomic E-state index is 0.263. The molecule has 0 aliphatic heterocycles. The van der Waals surface area contributed by atoms with Gasteiger partial charge in [-0.3, -0.25) is 9.36 Å². The molecule has 0 aliphatic carbocycles. The monoisotopic (exact) mass is 366 g/mol. The summed E-state index contributed by atoms with van der Waals surface area (Å²) in [5.41, 5.74) is 3.54. The number of benzene rings is 2. The average molecular weight is 366 g/mol. The summed E-state index contributed by atoms with van der Waals surface area (Å²) in [5, 5.41) is 0.664. The van der Waals surface area contributed by atoms with Crippen LogP contribution >= 0.6 is 11.8 Å². The summed E-state index contributed by atoms with van der Waals surface area (Å²) in [7, 11) is 0. The zero-order valence-corrected chi connectivity index (χ0v) is 14.8. The van der Waals surface area contributed by atoms with Crippen molar-refractivity contribution in [3.05, 3.63) is 82.2 Å². The highest BCUT2D eigenvalue weighted by molar-refractivity contribution is 7.98. The van der Waals surface area contributed by atoms with E-state index < -0.39 is 0 Å². The van der Waals surface area contributed by atoms with E-state index in [2.05, 4.69) is 15.0 Å². The van der Waals surface area contributed by atoms with Gasteiger partial charge in [-0.1, -0.05) is 41.6 Å². The van der Waals surface area contributed by atoms with Gasteiger partial charge in [-0.2, -0.15) is 0 Å². The van der Waals surface area contributed by atoms with Crippen LogP contribution in [0.4, 0.5) is 4.39 Å². The third-order valence-electron chi connectivity index (χ3n) is 3.99. The summed E-state index contributed by atoms with van der Waals surface area (Å²) in [6.07, 6.45) is 1.38. The lowest BCUT2D eigenvalue weighted by Crippen LogP contribution is -2.07. The standard InChI is InChI=1S/C19H15FN4OS/c1-12-2-8-15(9-3-12)24-17-16(18(25)22-11-21-17)23-19(24)26-10-13-4-6-14(20)7-5-13/h2-9,11H,10H2,1H3,(H,21,22,25). The van der Waals surface area contributed by atoms with Crippen LogP contribution in [0.15, 0.2) is 64.8 Å². The fourth-order valence-electron chi connectivity index (χ4n) is 2.64. The van der Waals surface area contributed by atoms with E-state index in [4.69, 9.17) is 0 Å². The van der Waals surface area contributed by atoms with Gasteiger partial charge in [-0.15, -0.1) is 0 Å². The van der Waals surface area contributed by atoms with Gasteiger partial charge in [-0.05, 0) is 36.8 Å². The Bertz CT molecular complexity index is 1120. The van der Waals surface area contributed by atoms with Crippen molar-refractivity contribution < 1.29 is 4.39 Å². The number of halogens is 1. The van der Waals surface area contributed by atoms with Crippen molar-refractivity contribution >= 4 is 22.9 Å². The first kappa shape index (κ1) is 16.5. The van der Waals surface area contributed by atoms with Crippen LogP contribution in [0.2, 0.25) is 0 Å². The van der Waals surface area contributed by atoms with Gasteiger partial charge in [-0.25, -0.2) is 14.4 Å². The number of nitrogens with zero attached hydrogens (tertiary/aromatic N) is 3. The number of hydrogen-bond acceptors (Lipinski definition) is 4. The molecule has 0 bridgehead atoms. The van der Waals surface area contributed by atoms with Gasteiger partial charge < -0.3 is 4.98 Å². The number of aromatic amines is 1. The lowest BCUT2D eigenvalue weighted by molar-refractivity contribution is 0.627. The molecule has 0 atom stereocenters. The molecule has 5 nitrogen and oxygen atoms in total. The van der Waals surface area contributed by atoms with E-state index in [1.54, 1.807) is 12.1 Å². The van der Waals surface area contributed by atoms with Gasteiger partial charge in [0.25, 0.3) is 5.56 Å². The summed E-state index contributed by atoms with van der Waals surface area (Å²) >= 11 is 1.48. The molecule has 2 aromatic heterocycles. The van der Waals surface area contributed by atoms with Crippen LogP contribution in [-0.4, -0.2) is 19.5 Å². The largest absolute Gasteiger partial charge is 0.311 e. The van der Waals surface area contributed by atoms with Crippen LogP contribution in [-0.2, 0) is 5.75 Å². The smallest absolute Gasteiger partial charge is 0.278 e. The number of thioether (sulfide) groups is 1. The Kier molecular flexibility index (Phi) is 4.30. The lowest BCUT2D eigenvalue weighted by Gasteiger charge is -2.08. The molecule has 2 heterocycles. The van der Waals surface area contributed by atoms with Crippen LogP contribution in [0.3, 0.4) is 0 Å². The molecule has 2 aromatic carbocycles. The maximum atomic E-state index is 13.1. The Hall–Kier alpha value is -2.93. The first-order valence-corrected chi connectivity index (χ1v) is 9.01. The minimum atomic E-state index is -0.274. The molecular formula is C19H15FN4OS. The molecule has 0 fully saturated rings. The number of fused-ring (bicyclic) bond motifs is 1. The molecule has 1 N–H and O–H groups in total. The molecule has 0 aliphatic rings. The van der Waals surface area contributed by atoms with Crippen LogP contribution in [0.1, 0.15) is 11.1 Å². The Morgan fingerprint density at radius 3 is 2.58 bits per heavy atom. The Balaban J connectivity index is 1.78. The predicted molar refractivity (Wildman–Crippen MR) is 100 cm³/mol. The van der Waals surface area contributed by atoms with E-state index >= 15 is 0 Å². The van der Waals surface area contributed by atoms with Crippen molar-refractivity contribution in [2.75, 3.05) is 0 Å². The second-order valence-electron chi connectivity index (χ2n) is 5.88. The van der Waals surface area contributed by atoms with Crippen molar-refractivity contribution in [3.8, 4) is 5.69 Å². The Labute approximate surface area is 152 Å². The maximum Gasteiger partial charge on any atom is 0.278 e. The number of aromatic nitrogens is 4. The van der Waals surface area contributed by atoms with Gasteiger partial charge >= 0.3 is 0 Å². The zero-order chi connectivity index (χ0) is 18.1. The van der Waals surface area contributed by atoms with Crippen LogP contribution in [0.5, 0.6) is 0 Å². The highest BCUT2D eigenvalue weighted by atomic mass is 32.2. The Morgan fingerprint density at radius 2 is 1.85 bits per heavy atom. The fourth-order valence-corrected chi connectivity index (χ4v) is 3.60. The van der Waals surface area contributed by atoms with Crippen LogP contribution < -0.4 is 5.56 Å². The molecule has 0 saturated carbocycles. The zero-order valence-electron chi connectivity index (χ0n) is 13.9. The number of rotatable bonds is 4. The molecule has 4 aromatic rings. The van der Waals surface area contributed by atoms with Crippen LogP contribution in [0, 0.1) is 12.7 Å². The van der Waals surface area contributed by atoms with Gasteiger partial charge in [0.05, 0.1) is 6.33 Å². The van der Waals surface area contributed by atoms with Crippen molar-refractivity contribution in [1.29, 1.82) is 0 Å². The maximum absolute atomic E-state index is 13.1. The summed E-state index contributed by atoms with van der Waals surface area (Å²) in [6, 6.07) is 14.3. The van der Waals surface area contributed by atoms with E-state index in [0.717, 1.165) is 16.8 Å². The normalized spacial score (nSPS) is 11.2. The molecule has 0 radical (unpaired) electrons. The fraction of sp³-hybridized carbons (Fsp3) is 0.105. The second kappa shape index (κ2) is 6.76. The summed E-state index contributed by atoms with van der Waals surface area (Å²) < 4.78 is 15.0. The van der Waals surface area contributed by atoms with Crippen molar-refractivity contribution in [1.82, 2.24) is 19.5 Å². The van der Waals surface area contributed by atoms with E-state index in [-0.39, 0.29) is 11.4 Å². The quantitative estimate of drug-likeness (QED) is 0.557. The molecule has 0 spiro atoms. The van der Waals surface area contributed by atoms with Crippen molar-refractivity contribution in [3.63, 3.8) is 0 Å². The van der Waals surface area contributed by atoms with Gasteiger partial charge in [0, 0.05) is 11.4 Å². The molecule has 0 unspecified atom stereocenters. The molecule has 4 rings (SSSR count). The summed E-state index contributed by atoms with van der Waals surface area (Å²) in [6.45, 7) is 2.02. The Morgan fingerprint density at radius 1 is 1.12 bits per heavy atom. The van der Waals surface area contributed by atoms with E-state index in [1.165, 1.54) is 30.2 Å². The molecule has 0 saturated heterocycles.